The smallest absolute Gasteiger partial charge is 0.264 e. The van der Waals surface area contributed by atoms with Crippen LogP contribution in [0.5, 0.6) is 5.75 Å². The summed E-state index contributed by atoms with van der Waals surface area (Å²) in [6.07, 6.45) is 4.72. The Labute approximate surface area is 175 Å². The van der Waals surface area contributed by atoms with Crippen molar-refractivity contribution in [1.82, 2.24) is 4.98 Å². The second-order valence-corrected chi connectivity index (χ2v) is 7.97. The van der Waals surface area contributed by atoms with E-state index < -0.39 is 0 Å². The molecule has 4 rings (SSSR count). The highest BCUT2D eigenvalue weighted by atomic mass is 35.5. The molecule has 146 valence electrons. The molecule has 0 atom stereocenters. The van der Waals surface area contributed by atoms with E-state index in [0.29, 0.717) is 5.13 Å². The van der Waals surface area contributed by atoms with Crippen LogP contribution in [0.15, 0.2) is 48.5 Å². The number of rotatable bonds is 5. The number of hydrogen-bond acceptors (Lipinski definition) is 4. The lowest BCUT2D eigenvalue weighted by Gasteiger charge is -2.16. The fourth-order valence-corrected chi connectivity index (χ4v) is 4.27. The first kappa shape index (κ1) is 20.4. The molecule has 0 spiro atoms. The van der Waals surface area contributed by atoms with Gasteiger partial charge in [0.2, 0.25) is 0 Å². The second-order valence-electron chi connectivity index (χ2n) is 6.76. The molecule has 3 aromatic rings. The van der Waals surface area contributed by atoms with Gasteiger partial charge in [-0.3, -0.25) is 10.1 Å². The van der Waals surface area contributed by atoms with Gasteiger partial charge in [0.05, 0.1) is 5.69 Å². The molecule has 1 aliphatic carbocycles. The number of hydrogen-bond donors (Lipinski definition) is 1. The van der Waals surface area contributed by atoms with Crippen molar-refractivity contribution in [2.45, 2.75) is 32.6 Å². The van der Waals surface area contributed by atoms with Gasteiger partial charge in [-0.05, 0) is 55.9 Å². The number of benzene rings is 2. The third kappa shape index (κ3) is 4.72. The van der Waals surface area contributed by atoms with Crippen LogP contribution in [0.4, 0.5) is 5.13 Å². The average molecular weight is 415 g/mol. The molecule has 2 aromatic carbocycles. The number of halogens is 1. The van der Waals surface area contributed by atoms with Crippen LogP contribution >= 0.6 is 23.7 Å². The maximum absolute atomic E-state index is 12.3. The van der Waals surface area contributed by atoms with Crippen molar-refractivity contribution in [3.63, 3.8) is 0 Å². The molecular weight excluding hydrogens is 392 g/mol. The quantitative estimate of drug-likeness (QED) is 0.605. The molecule has 0 saturated heterocycles. The average Bonchev–Trinajstić information content (AvgIpc) is 3.07. The highest BCUT2D eigenvalue weighted by molar-refractivity contribution is 7.16. The summed E-state index contributed by atoms with van der Waals surface area (Å²) in [5.74, 6) is 0.562. The Morgan fingerprint density at radius 2 is 1.86 bits per heavy atom. The molecule has 1 heterocycles. The summed E-state index contributed by atoms with van der Waals surface area (Å²) in [5, 5.41) is 3.45. The van der Waals surface area contributed by atoms with Crippen molar-refractivity contribution >= 4 is 34.8 Å². The van der Waals surface area contributed by atoms with Gasteiger partial charge in [-0.25, -0.2) is 4.98 Å². The molecule has 0 radical (unpaired) electrons. The summed E-state index contributed by atoms with van der Waals surface area (Å²) < 4.78 is 5.69. The first-order valence-electron chi connectivity index (χ1n) is 9.26. The summed E-state index contributed by atoms with van der Waals surface area (Å²) in [5.41, 5.74) is 4.72. The predicted molar refractivity (Wildman–Crippen MR) is 117 cm³/mol. The number of aryl methyl sites for hydroxylation is 3. The van der Waals surface area contributed by atoms with Crippen LogP contribution in [0, 0.1) is 6.92 Å². The molecule has 1 N–H and O–H groups in total. The third-order valence-electron chi connectivity index (χ3n) is 4.78. The summed E-state index contributed by atoms with van der Waals surface area (Å²) >= 11 is 1.48. The molecule has 0 aliphatic heterocycles. The second kappa shape index (κ2) is 9.22. The molecule has 0 fully saturated rings. The molecule has 4 nitrogen and oxygen atoms in total. The maximum Gasteiger partial charge on any atom is 0.264 e. The van der Waals surface area contributed by atoms with Gasteiger partial charge in [0, 0.05) is 10.4 Å². The maximum atomic E-state index is 12.3. The minimum atomic E-state index is -0.193. The Balaban J connectivity index is 0.00000225. The van der Waals surface area contributed by atoms with E-state index in [2.05, 4.69) is 22.4 Å². The Morgan fingerprint density at radius 1 is 1.11 bits per heavy atom. The monoisotopic (exact) mass is 414 g/mol. The van der Waals surface area contributed by atoms with E-state index >= 15 is 0 Å². The first-order valence-corrected chi connectivity index (χ1v) is 10.1. The number of fused-ring (bicyclic) bond motifs is 1. The molecule has 6 heteroatoms. The normalized spacial score (nSPS) is 12.6. The van der Waals surface area contributed by atoms with Crippen molar-refractivity contribution in [1.29, 1.82) is 0 Å². The Hall–Kier alpha value is -2.37. The topological polar surface area (TPSA) is 51.2 Å². The van der Waals surface area contributed by atoms with E-state index in [1.165, 1.54) is 35.3 Å². The van der Waals surface area contributed by atoms with Gasteiger partial charge in [-0.1, -0.05) is 36.4 Å². The van der Waals surface area contributed by atoms with Crippen LogP contribution < -0.4 is 10.1 Å². The molecule has 1 aromatic heterocycles. The number of amides is 1. The van der Waals surface area contributed by atoms with Gasteiger partial charge in [0.15, 0.2) is 11.7 Å². The zero-order chi connectivity index (χ0) is 18.6. The number of carbonyl (C=O) groups is 1. The number of aromatic nitrogens is 1. The lowest BCUT2D eigenvalue weighted by molar-refractivity contribution is -0.118. The minimum Gasteiger partial charge on any atom is -0.484 e. The van der Waals surface area contributed by atoms with Crippen LogP contribution in [-0.4, -0.2) is 17.5 Å². The summed E-state index contributed by atoms with van der Waals surface area (Å²) in [7, 11) is 0. The summed E-state index contributed by atoms with van der Waals surface area (Å²) in [6.45, 7) is 2.00. The van der Waals surface area contributed by atoms with Crippen molar-refractivity contribution in [3.8, 4) is 17.0 Å². The first-order chi connectivity index (χ1) is 13.2. The number of nitrogens with one attached hydrogen (secondary N) is 1. The fraction of sp³-hybridized carbons (Fsp3) is 0.273. The summed E-state index contributed by atoms with van der Waals surface area (Å²) in [4.78, 5) is 17.9. The van der Waals surface area contributed by atoms with Gasteiger partial charge >= 0.3 is 0 Å². The van der Waals surface area contributed by atoms with E-state index in [0.717, 1.165) is 34.7 Å². The lowest BCUT2D eigenvalue weighted by Crippen LogP contribution is -2.20. The van der Waals surface area contributed by atoms with Crippen LogP contribution in [0.3, 0.4) is 0 Å². The number of ether oxygens (including phenoxy) is 1. The lowest BCUT2D eigenvalue weighted by atomic mass is 9.92. The van der Waals surface area contributed by atoms with E-state index in [1.807, 2.05) is 43.3 Å². The van der Waals surface area contributed by atoms with Gasteiger partial charge in [-0.15, -0.1) is 23.7 Å². The minimum absolute atomic E-state index is 0. The molecule has 0 bridgehead atoms. The number of nitrogens with zero attached hydrogens (tertiary/aromatic N) is 1. The number of carbonyl (C=O) groups excluding carboxylic acids is 1. The Kier molecular flexibility index (Phi) is 6.70. The number of anilines is 1. The highest BCUT2D eigenvalue weighted by Gasteiger charge is 2.13. The van der Waals surface area contributed by atoms with E-state index in [1.54, 1.807) is 0 Å². The predicted octanol–water partition coefficient (Wildman–Crippen LogP) is 5.44. The highest BCUT2D eigenvalue weighted by Crippen LogP contribution is 2.30. The molecule has 1 amide bonds. The molecule has 28 heavy (non-hydrogen) atoms. The number of thiazole rings is 1. The largest absolute Gasteiger partial charge is 0.484 e. The van der Waals surface area contributed by atoms with E-state index in [4.69, 9.17) is 4.74 Å². The van der Waals surface area contributed by atoms with Gasteiger partial charge < -0.3 is 4.74 Å². The van der Waals surface area contributed by atoms with Crippen molar-refractivity contribution in [2.75, 3.05) is 11.9 Å². The standard InChI is InChI=1S/C22H22N2O2S.ClH/c1-15-21(17-8-3-2-4-9-17)24-22(27-15)23-20(25)14-26-19-12-11-16-7-5-6-10-18(16)13-19;/h2-4,8-9,11-13H,5-7,10,14H2,1H3,(H,23,24,25);1H. The van der Waals surface area contributed by atoms with E-state index in [9.17, 15) is 4.79 Å². The molecular formula is C22H23ClN2O2S. The third-order valence-corrected chi connectivity index (χ3v) is 5.67. The van der Waals surface area contributed by atoms with Crippen LogP contribution in [0.25, 0.3) is 11.3 Å². The van der Waals surface area contributed by atoms with Gasteiger partial charge in [0.25, 0.3) is 5.91 Å². The van der Waals surface area contributed by atoms with Crippen molar-refractivity contribution in [3.05, 3.63) is 64.5 Å². The van der Waals surface area contributed by atoms with Crippen LogP contribution in [0.2, 0.25) is 0 Å². The summed E-state index contributed by atoms with van der Waals surface area (Å²) in [6, 6.07) is 16.1. The molecule has 0 saturated carbocycles. The van der Waals surface area contributed by atoms with Crippen LogP contribution in [-0.2, 0) is 17.6 Å². The zero-order valence-electron chi connectivity index (χ0n) is 15.7. The van der Waals surface area contributed by atoms with Gasteiger partial charge in [0.1, 0.15) is 5.75 Å². The van der Waals surface area contributed by atoms with Crippen molar-refractivity contribution in [2.24, 2.45) is 0 Å². The Morgan fingerprint density at radius 3 is 2.64 bits per heavy atom. The molecule has 1 aliphatic rings. The molecule has 0 unspecified atom stereocenters. The zero-order valence-corrected chi connectivity index (χ0v) is 17.4. The fourth-order valence-electron chi connectivity index (χ4n) is 3.42. The van der Waals surface area contributed by atoms with Gasteiger partial charge in [-0.2, -0.15) is 0 Å². The van der Waals surface area contributed by atoms with Crippen LogP contribution in [0.1, 0.15) is 28.8 Å². The Bertz CT molecular complexity index is 956. The SMILES string of the molecule is Cc1sc(NC(=O)COc2ccc3c(c2)CCCC3)nc1-c1ccccc1.Cl. The van der Waals surface area contributed by atoms with Crippen molar-refractivity contribution < 1.29 is 9.53 Å². The van der Waals surface area contributed by atoms with E-state index in [-0.39, 0.29) is 24.9 Å².